The summed E-state index contributed by atoms with van der Waals surface area (Å²) in [6.07, 6.45) is 6.83. The van der Waals surface area contributed by atoms with E-state index in [-0.39, 0.29) is 0 Å². The Balaban J connectivity index is 1.80. The van der Waals surface area contributed by atoms with Crippen LogP contribution in [0.1, 0.15) is 39.0 Å². The quantitative estimate of drug-likeness (QED) is 0.814. The minimum absolute atomic E-state index is 0.761. The number of nitrogens with zero attached hydrogens (tertiary/aromatic N) is 1. The number of nitrogen functional groups attached to an aromatic ring is 1. The molecular formula is C15H20N2S2. The molecular weight excluding hydrogens is 272 g/mol. The maximum Gasteiger partial charge on any atom is 0.151 e. The summed E-state index contributed by atoms with van der Waals surface area (Å²) in [6.45, 7) is 2.32. The highest BCUT2D eigenvalue weighted by atomic mass is 32.2. The second kappa shape index (κ2) is 5.71. The molecule has 2 unspecified atom stereocenters. The van der Waals surface area contributed by atoms with Gasteiger partial charge in [-0.15, -0.1) is 11.3 Å². The zero-order valence-corrected chi connectivity index (χ0v) is 12.9. The minimum atomic E-state index is 0.761. The summed E-state index contributed by atoms with van der Waals surface area (Å²) in [4.78, 5) is 4.74. The number of thiazole rings is 1. The van der Waals surface area contributed by atoms with Gasteiger partial charge in [-0.2, -0.15) is 0 Å². The Kier molecular flexibility index (Phi) is 3.99. The van der Waals surface area contributed by atoms with E-state index in [0.717, 1.165) is 22.4 Å². The van der Waals surface area contributed by atoms with E-state index in [2.05, 4.69) is 6.92 Å². The Labute approximate surface area is 122 Å². The molecule has 1 aromatic heterocycles. The van der Waals surface area contributed by atoms with Crippen molar-refractivity contribution in [1.82, 2.24) is 4.98 Å². The van der Waals surface area contributed by atoms with Crippen LogP contribution < -0.4 is 5.73 Å². The van der Waals surface area contributed by atoms with E-state index in [1.165, 1.54) is 41.1 Å². The molecule has 102 valence electrons. The van der Waals surface area contributed by atoms with Gasteiger partial charge >= 0.3 is 0 Å². The summed E-state index contributed by atoms with van der Waals surface area (Å²) in [6, 6.07) is 6.00. The first-order chi connectivity index (χ1) is 9.26. The van der Waals surface area contributed by atoms with Crippen molar-refractivity contribution in [2.24, 2.45) is 5.92 Å². The fraction of sp³-hybridized carbons (Fsp3) is 0.533. The molecule has 2 aromatic rings. The standard InChI is InChI=1S/C15H20N2S2/c1-2-10-5-3-4-6-13(10)18-15-17-12-8-7-11(16)9-14(12)19-15/h7-10,13H,2-6,16H2,1H3. The van der Waals surface area contributed by atoms with Crippen molar-refractivity contribution in [3.05, 3.63) is 18.2 Å². The first kappa shape index (κ1) is 13.3. The van der Waals surface area contributed by atoms with Gasteiger partial charge in [-0.05, 0) is 37.0 Å². The molecule has 1 fully saturated rings. The van der Waals surface area contributed by atoms with Gasteiger partial charge in [0.1, 0.15) is 0 Å². The van der Waals surface area contributed by atoms with Crippen LogP contribution in [0.2, 0.25) is 0 Å². The zero-order valence-electron chi connectivity index (χ0n) is 11.3. The molecule has 3 rings (SSSR count). The fourth-order valence-electron chi connectivity index (χ4n) is 2.90. The molecule has 1 saturated carbocycles. The predicted octanol–water partition coefficient (Wildman–Crippen LogP) is 4.94. The van der Waals surface area contributed by atoms with Gasteiger partial charge in [-0.3, -0.25) is 0 Å². The summed E-state index contributed by atoms with van der Waals surface area (Å²) in [5.41, 5.74) is 7.75. The van der Waals surface area contributed by atoms with Crippen LogP contribution in [-0.4, -0.2) is 10.2 Å². The van der Waals surface area contributed by atoms with Crippen molar-refractivity contribution in [3.8, 4) is 0 Å². The van der Waals surface area contributed by atoms with Crippen molar-refractivity contribution in [1.29, 1.82) is 0 Å². The second-order valence-corrected chi connectivity index (χ2v) is 7.83. The Morgan fingerprint density at radius 1 is 1.37 bits per heavy atom. The lowest BCUT2D eigenvalue weighted by Gasteiger charge is -2.29. The van der Waals surface area contributed by atoms with Crippen LogP contribution in [-0.2, 0) is 0 Å². The number of rotatable bonds is 3. The molecule has 0 spiro atoms. The van der Waals surface area contributed by atoms with Gasteiger partial charge < -0.3 is 5.73 Å². The second-order valence-electron chi connectivity index (χ2n) is 5.32. The molecule has 2 N–H and O–H groups in total. The van der Waals surface area contributed by atoms with Gasteiger partial charge in [0.15, 0.2) is 4.34 Å². The third-order valence-electron chi connectivity index (χ3n) is 4.01. The highest BCUT2D eigenvalue weighted by molar-refractivity contribution is 8.01. The van der Waals surface area contributed by atoms with Crippen molar-refractivity contribution < 1.29 is 0 Å². The van der Waals surface area contributed by atoms with Crippen molar-refractivity contribution in [2.75, 3.05) is 5.73 Å². The van der Waals surface area contributed by atoms with Gasteiger partial charge in [0.25, 0.3) is 0 Å². The van der Waals surface area contributed by atoms with E-state index in [1.807, 2.05) is 30.0 Å². The SMILES string of the molecule is CCC1CCCCC1Sc1nc2ccc(N)cc2s1. The molecule has 2 atom stereocenters. The van der Waals surface area contributed by atoms with E-state index in [9.17, 15) is 0 Å². The van der Waals surface area contributed by atoms with Gasteiger partial charge in [0.2, 0.25) is 0 Å². The lowest BCUT2D eigenvalue weighted by molar-refractivity contribution is 0.361. The van der Waals surface area contributed by atoms with Crippen molar-refractivity contribution in [2.45, 2.75) is 48.6 Å². The molecule has 0 aliphatic heterocycles. The molecule has 1 heterocycles. The number of nitrogens with two attached hydrogens (primary N) is 1. The number of thioether (sulfide) groups is 1. The van der Waals surface area contributed by atoms with Gasteiger partial charge in [0.05, 0.1) is 10.2 Å². The molecule has 1 aliphatic carbocycles. The number of hydrogen-bond acceptors (Lipinski definition) is 4. The summed E-state index contributed by atoms with van der Waals surface area (Å²) in [7, 11) is 0. The van der Waals surface area contributed by atoms with Crippen molar-refractivity contribution in [3.63, 3.8) is 0 Å². The van der Waals surface area contributed by atoms with Gasteiger partial charge in [-0.1, -0.05) is 37.9 Å². The maximum absolute atomic E-state index is 5.83. The topological polar surface area (TPSA) is 38.9 Å². The minimum Gasteiger partial charge on any atom is -0.399 e. The van der Waals surface area contributed by atoms with Crippen LogP contribution in [0.4, 0.5) is 5.69 Å². The molecule has 0 amide bonds. The summed E-state index contributed by atoms with van der Waals surface area (Å²) in [5, 5.41) is 0.761. The van der Waals surface area contributed by atoms with Crippen molar-refractivity contribution >= 4 is 39.0 Å². The lowest BCUT2D eigenvalue weighted by Crippen LogP contribution is -2.20. The van der Waals surface area contributed by atoms with Crippen LogP contribution in [0.3, 0.4) is 0 Å². The number of fused-ring (bicyclic) bond motifs is 1. The van der Waals surface area contributed by atoms with E-state index in [1.54, 1.807) is 11.3 Å². The summed E-state index contributed by atoms with van der Waals surface area (Å²) in [5.74, 6) is 0.871. The molecule has 1 aliphatic rings. The molecule has 4 heteroatoms. The van der Waals surface area contributed by atoms with E-state index >= 15 is 0 Å². The Morgan fingerprint density at radius 3 is 3.05 bits per heavy atom. The Morgan fingerprint density at radius 2 is 2.21 bits per heavy atom. The number of benzene rings is 1. The largest absolute Gasteiger partial charge is 0.399 e. The molecule has 0 saturated heterocycles. The normalized spacial score (nSPS) is 23.8. The average Bonchev–Trinajstić information content (AvgIpc) is 2.80. The molecule has 0 bridgehead atoms. The monoisotopic (exact) mass is 292 g/mol. The summed E-state index contributed by atoms with van der Waals surface area (Å²) >= 11 is 3.78. The molecule has 19 heavy (non-hydrogen) atoms. The highest BCUT2D eigenvalue weighted by Crippen LogP contribution is 2.41. The third kappa shape index (κ3) is 2.90. The van der Waals surface area contributed by atoms with E-state index < -0.39 is 0 Å². The number of aromatic nitrogens is 1. The van der Waals surface area contributed by atoms with Gasteiger partial charge in [0, 0.05) is 10.9 Å². The highest BCUT2D eigenvalue weighted by Gasteiger charge is 2.25. The molecule has 0 radical (unpaired) electrons. The van der Waals surface area contributed by atoms with E-state index in [4.69, 9.17) is 10.7 Å². The molecule has 2 nitrogen and oxygen atoms in total. The van der Waals surface area contributed by atoms with Crippen LogP contribution in [0.25, 0.3) is 10.2 Å². The number of anilines is 1. The zero-order chi connectivity index (χ0) is 13.2. The first-order valence-corrected chi connectivity index (χ1v) is 8.78. The summed E-state index contributed by atoms with van der Waals surface area (Å²) < 4.78 is 2.43. The fourth-order valence-corrected chi connectivity index (χ4v) is 5.69. The maximum atomic E-state index is 5.83. The van der Waals surface area contributed by atoms with Crippen LogP contribution in [0.15, 0.2) is 22.5 Å². The lowest BCUT2D eigenvalue weighted by atomic mass is 9.87. The van der Waals surface area contributed by atoms with Crippen LogP contribution in [0.5, 0.6) is 0 Å². The van der Waals surface area contributed by atoms with Crippen LogP contribution >= 0.6 is 23.1 Å². The number of hydrogen-bond donors (Lipinski definition) is 1. The smallest absolute Gasteiger partial charge is 0.151 e. The Bertz CT molecular complexity index is 564. The predicted molar refractivity (Wildman–Crippen MR) is 85.9 cm³/mol. The van der Waals surface area contributed by atoms with E-state index in [0.29, 0.717) is 0 Å². The molecule has 1 aromatic carbocycles. The van der Waals surface area contributed by atoms with Gasteiger partial charge in [-0.25, -0.2) is 4.98 Å². The average molecular weight is 292 g/mol. The van der Waals surface area contributed by atoms with Crippen LogP contribution in [0, 0.1) is 5.92 Å². The third-order valence-corrected chi connectivity index (χ3v) is 6.58. The Hall–Kier alpha value is -0.740. The first-order valence-electron chi connectivity index (χ1n) is 7.09.